The SMILES string of the molecule is CCCCCCCCC.CCCCCCCCCON(CCCCCCC)CNO.CCCCCCCCO.CO.O.[HH]. The van der Waals surface area contributed by atoms with E-state index in [2.05, 4.69) is 40.1 Å². The van der Waals surface area contributed by atoms with Crippen molar-refractivity contribution in [3.63, 3.8) is 0 Å². The van der Waals surface area contributed by atoms with E-state index in [1.807, 2.05) is 5.06 Å². The van der Waals surface area contributed by atoms with E-state index in [9.17, 15) is 0 Å². The van der Waals surface area contributed by atoms with Crippen LogP contribution in [0.25, 0.3) is 0 Å². The molecule has 0 aliphatic rings. The number of nitrogens with zero attached hydrogens (tertiary/aromatic N) is 1. The zero-order valence-corrected chi connectivity index (χ0v) is 29.7. The van der Waals surface area contributed by atoms with E-state index < -0.39 is 0 Å². The topological polar surface area (TPSA) is 117 Å². The van der Waals surface area contributed by atoms with Gasteiger partial charge in [0.05, 0.1) is 13.3 Å². The van der Waals surface area contributed by atoms with Gasteiger partial charge in [-0.15, -0.1) is 0 Å². The Kier molecular flexibility index (Phi) is 69.0. The van der Waals surface area contributed by atoms with Crippen molar-refractivity contribution in [3.05, 3.63) is 0 Å². The molecule has 0 bridgehead atoms. The second-order valence-corrected chi connectivity index (χ2v) is 11.1. The Labute approximate surface area is 266 Å². The van der Waals surface area contributed by atoms with Crippen molar-refractivity contribution in [1.82, 2.24) is 10.5 Å². The van der Waals surface area contributed by atoms with Gasteiger partial charge in [-0.05, 0) is 19.3 Å². The van der Waals surface area contributed by atoms with Gasteiger partial charge in [0.2, 0.25) is 0 Å². The average molecular weight is 613 g/mol. The summed E-state index contributed by atoms with van der Waals surface area (Å²) in [5.41, 5.74) is 2.20. The molecule has 0 amide bonds. The molecule has 6 N–H and O–H groups in total. The lowest BCUT2D eigenvalue weighted by Gasteiger charge is -2.20. The number of nitrogens with one attached hydrogen (secondary N) is 1. The molecule has 0 aliphatic heterocycles. The van der Waals surface area contributed by atoms with Crippen LogP contribution in [0.4, 0.5) is 0 Å². The Bertz CT molecular complexity index is 360. The predicted molar refractivity (Wildman–Crippen MR) is 187 cm³/mol. The van der Waals surface area contributed by atoms with E-state index in [-0.39, 0.29) is 6.90 Å². The van der Waals surface area contributed by atoms with Gasteiger partial charge < -0.3 is 20.9 Å². The predicted octanol–water partition coefficient (Wildman–Crippen LogP) is 10.0. The standard InChI is InChI=1S/C17H38N2O2.C9H20.C8H18O.CH4O.H2O.H2/c1-3-5-7-9-10-12-14-16-21-19(17-18-20)15-13-11-8-6-4-2;1-3-5-7-9-8-6-4-2;1-2-3-4-5-6-7-8-9;1-2;;/h18,20H,3-17H2,1-2H3;3-9H2,1-2H3;9H,2-8H2,1H3;2H,1H3;1H2;1H. The molecule has 0 unspecified atom stereocenters. The smallest absolute Gasteiger partial charge is 0.0966 e. The molecule has 0 aromatic heterocycles. The first kappa shape index (κ1) is 51.3. The minimum atomic E-state index is 0. The van der Waals surface area contributed by atoms with Crippen molar-refractivity contribution >= 4 is 0 Å². The molecule has 0 saturated heterocycles. The van der Waals surface area contributed by atoms with Crippen molar-refractivity contribution in [3.8, 4) is 0 Å². The Morgan fingerprint density at radius 3 is 1.14 bits per heavy atom. The quantitative estimate of drug-likeness (QED) is 0.0379. The highest BCUT2D eigenvalue weighted by Crippen LogP contribution is 2.09. The first-order chi connectivity index (χ1) is 20.2. The zero-order valence-electron chi connectivity index (χ0n) is 29.7. The van der Waals surface area contributed by atoms with Gasteiger partial charge >= 0.3 is 0 Å². The van der Waals surface area contributed by atoms with Gasteiger partial charge in [0.1, 0.15) is 0 Å². The van der Waals surface area contributed by atoms with Crippen LogP contribution in [-0.4, -0.2) is 59.5 Å². The van der Waals surface area contributed by atoms with Crippen LogP contribution in [0.3, 0.4) is 0 Å². The molecular weight excluding hydrogens is 528 g/mol. The summed E-state index contributed by atoms with van der Waals surface area (Å²) in [6.45, 7) is 13.6. The van der Waals surface area contributed by atoms with Crippen LogP contribution in [0.2, 0.25) is 0 Å². The van der Waals surface area contributed by atoms with Crippen LogP contribution in [-0.2, 0) is 4.84 Å². The highest BCUT2D eigenvalue weighted by molar-refractivity contribution is 4.48. The van der Waals surface area contributed by atoms with Crippen LogP contribution >= 0.6 is 0 Å². The Hall–Kier alpha value is -0.280. The minimum absolute atomic E-state index is 0. The fourth-order valence-electron chi connectivity index (χ4n) is 4.34. The van der Waals surface area contributed by atoms with E-state index in [4.69, 9.17) is 20.3 Å². The third-order valence-electron chi connectivity index (χ3n) is 7.00. The Balaban J connectivity index is -0.000000130. The number of hydroxylamine groups is 3. The monoisotopic (exact) mass is 613 g/mol. The normalized spacial score (nSPS) is 10.1. The molecule has 0 saturated carbocycles. The minimum Gasteiger partial charge on any atom is -0.412 e. The Morgan fingerprint density at radius 1 is 0.500 bits per heavy atom. The van der Waals surface area contributed by atoms with Gasteiger partial charge in [-0.25, -0.2) is 0 Å². The summed E-state index contributed by atoms with van der Waals surface area (Å²) in [5, 5.41) is 26.1. The maximum Gasteiger partial charge on any atom is 0.0966 e. The number of aliphatic hydroxyl groups excluding tert-OH is 2. The van der Waals surface area contributed by atoms with Crippen molar-refractivity contribution in [2.24, 2.45) is 0 Å². The molecule has 0 spiro atoms. The van der Waals surface area contributed by atoms with Gasteiger partial charge in [0.25, 0.3) is 0 Å². The van der Waals surface area contributed by atoms with Gasteiger partial charge in [-0.2, -0.15) is 10.5 Å². The first-order valence-corrected chi connectivity index (χ1v) is 18.0. The van der Waals surface area contributed by atoms with Crippen molar-refractivity contribution in [2.75, 3.05) is 33.5 Å². The van der Waals surface area contributed by atoms with Crippen LogP contribution in [0.15, 0.2) is 0 Å². The van der Waals surface area contributed by atoms with Gasteiger partial charge in [0.15, 0.2) is 0 Å². The van der Waals surface area contributed by atoms with Crippen molar-refractivity contribution < 1.29 is 27.2 Å². The molecule has 0 heterocycles. The number of hydrogen-bond donors (Lipinski definition) is 4. The van der Waals surface area contributed by atoms with Crippen molar-refractivity contribution in [2.45, 2.75) is 195 Å². The van der Waals surface area contributed by atoms with Gasteiger partial charge in [-0.3, -0.25) is 4.84 Å². The zero-order chi connectivity index (χ0) is 31.5. The lowest BCUT2D eigenvalue weighted by atomic mass is 10.1. The molecule has 0 aromatic carbocycles. The molecule has 0 atom stereocenters. The lowest BCUT2D eigenvalue weighted by Crippen LogP contribution is -2.34. The fourth-order valence-corrected chi connectivity index (χ4v) is 4.34. The largest absolute Gasteiger partial charge is 0.412 e. The maximum atomic E-state index is 8.83. The molecule has 264 valence electrons. The van der Waals surface area contributed by atoms with Crippen LogP contribution < -0.4 is 5.48 Å². The summed E-state index contributed by atoms with van der Waals surface area (Å²) >= 11 is 0. The second kappa shape index (κ2) is 56.5. The van der Waals surface area contributed by atoms with E-state index in [1.165, 1.54) is 141 Å². The highest BCUT2D eigenvalue weighted by Gasteiger charge is 2.04. The number of rotatable bonds is 29. The Morgan fingerprint density at radius 2 is 0.810 bits per heavy atom. The van der Waals surface area contributed by atoms with Crippen LogP contribution in [0.5, 0.6) is 0 Å². The molecule has 0 rings (SSSR count). The van der Waals surface area contributed by atoms with Crippen LogP contribution in [0.1, 0.15) is 197 Å². The first-order valence-electron chi connectivity index (χ1n) is 18.0. The number of aliphatic hydroxyl groups is 2. The highest BCUT2D eigenvalue weighted by atomic mass is 16.7. The molecule has 0 aromatic rings. The molecule has 0 aliphatic carbocycles. The summed E-state index contributed by atoms with van der Waals surface area (Å²) in [7, 11) is 1.00. The number of hydrogen-bond acceptors (Lipinski definition) is 6. The van der Waals surface area contributed by atoms with E-state index >= 15 is 0 Å². The maximum absolute atomic E-state index is 8.83. The number of unbranched alkanes of at least 4 members (excludes halogenated alkanes) is 21. The molecule has 0 radical (unpaired) electrons. The second-order valence-electron chi connectivity index (χ2n) is 11.1. The summed E-state index contributed by atoms with van der Waals surface area (Å²) in [4.78, 5) is 5.73. The summed E-state index contributed by atoms with van der Waals surface area (Å²) in [6, 6.07) is 0. The fraction of sp³-hybridized carbons (Fsp3) is 1.00. The third-order valence-corrected chi connectivity index (χ3v) is 7.00. The summed E-state index contributed by atoms with van der Waals surface area (Å²) in [6.07, 6.45) is 32.8. The average Bonchev–Trinajstić information content (AvgIpc) is 3.00. The van der Waals surface area contributed by atoms with Crippen LogP contribution in [0, 0.1) is 0 Å². The van der Waals surface area contributed by atoms with Gasteiger partial charge in [0, 0.05) is 21.7 Å². The summed E-state index contributed by atoms with van der Waals surface area (Å²) < 4.78 is 0. The molecule has 7 heteroatoms. The molecular formula is C35H84N2O5. The molecule has 7 nitrogen and oxygen atoms in total. The van der Waals surface area contributed by atoms with Gasteiger partial charge in [-0.1, -0.05) is 176 Å². The molecule has 0 fully saturated rings. The van der Waals surface area contributed by atoms with E-state index in [0.717, 1.165) is 39.5 Å². The lowest BCUT2D eigenvalue weighted by molar-refractivity contribution is -0.178. The molecule has 42 heavy (non-hydrogen) atoms. The van der Waals surface area contributed by atoms with E-state index in [0.29, 0.717) is 13.3 Å². The van der Waals surface area contributed by atoms with Crippen molar-refractivity contribution in [1.29, 1.82) is 0 Å². The third kappa shape index (κ3) is 59.2. The summed E-state index contributed by atoms with van der Waals surface area (Å²) in [5.74, 6) is 0. The van der Waals surface area contributed by atoms with E-state index in [1.54, 1.807) is 0 Å².